The predicted octanol–water partition coefficient (Wildman–Crippen LogP) is 2.88. The minimum Gasteiger partial charge on any atom is -0.355 e. The maximum Gasteiger partial charge on any atom is 0.269 e. The summed E-state index contributed by atoms with van der Waals surface area (Å²) in [6, 6.07) is 4.97. The van der Waals surface area contributed by atoms with Gasteiger partial charge in [-0.05, 0) is 65.4 Å². The second-order valence-electron chi connectivity index (χ2n) is 7.69. The summed E-state index contributed by atoms with van der Waals surface area (Å²) in [5.41, 5.74) is 1.05. The Morgan fingerprint density at radius 3 is 2.58 bits per heavy atom. The van der Waals surface area contributed by atoms with Crippen LogP contribution in [0.3, 0.4) is 0 Å². The highest BCUT2D eigenvalue weighted by atomic mass is 79.9. The molecule has 1 aliphatic heterocycles. The largest absolute Gasteiger partial charge is 0.355 e. The number of piperidine rings is 1. The van der Waals surface area contributed by atoms with E-state index >= 15 is 0 Å². The van der Waals surface area contributed by atoms with Gasteiger partial charge in [-0.2, -0.15) is 0 Å². The molecule has 1 amide bonds. The molecule has 0 spiro atoms. The number of hydrogen-bond donors (Lipinski definition) is 2. The van der Waals surface area contributed by atoms with Gasteiger partial charge in [-0.1, -0.05) is 13.3 Å². The first-order valence-corrected chi connectivity index (χ1v) is 12.7. The molecule has 3 heterocycles. The molecule has 1 saturated heterocycles. The minimum atomic E-state index is -3.78. The molecule has 0 atom stereocenters. The molecule has 0 radical (unpaired) electrons. The van der Waals surface area contributed by atoms with Crippen LogP contribution in [0, 0.1) is 12.8 Å². The number of rotatable bonds is 8. The van der Waals surface area contributed by atoms with Gasteiger partial charge in [0.2, 0.25) is 10.0 Å². The molecule has 0 bridgehead atoms. The van der Waals surface area contributed by atoms with Crippen LogP contribution in [0.25, 0.3) is 0 Å². The van der Waals surface area contributed by atoms with E-state index in [2.05, 4.69) is 47.8 Å². The number of hydrogen-bond acceptors (Lipinski definition) is 6. The van der Waals surface area contributed by atoms with Crippen LogP contribution in [0.15, 0.2) is 40.0 Å². The maximum atomic E-state index is 13.0. The molecular weight excluding hydrogens is 482 g/mol. The summed E-state index contributed by atoms with van der Waals surface area (Å²) in [4.78, 5) is 22.8. The van der Waals surface area contributed by atoms with Crippen molar-refractivity contribution >= 4 is 37.7 Å². The fourth-order valence-electron chi connectivity index (χ4n) is 3.56. The van der Waals surface area contributed by atoms with Crippen LogP contribution in [-0.4, -0.2) is 50.5 Å². The Labute approximate surface area is 192 Å². The average Bonchev–Trinajstić information content (AvgIpc) is 2.77. The van der Waals surface area contributed by atoms with Crippen molar-refractivity contribution in [2.24, 2.45) is 5.92 Å². The lowest BCUT2D eigenvalue weighted by atomic mass is 9.94. The highest BCUT2D eigenvalue weighted by Crippen LogP contribution is 2.29. The van der Waals surface area contributed by atoms with Crippen LogP contribution >= 0.6 is 15.9 Å². The van der Waals surface area contributed by atoms with Crippen LogP contribution < -0.4 is 14.9 Å². The zero-order valence-electron chi connectivity index (χ0n) is 17.8. The number of sulfonamides is 1. The van der Waals surface area contributed by atoms with Gasteiger partial charge in [-0.15, -0.1) is 0 Å². The van der Waals surface area contributed by atoms with Gasteiger partial charge in [-0.25, -0.2) is 23.1 Å². The van der Waals surface area contributed by atoms with E-state index in [1.54, 1.807) is 24.4 Å². The third-order valence-corrected chi connectivity index (χ3v) is 7.35. The van der Waals surface area contributed by atoms with Gasteiger partial charge in [0.15, 0.2) is 0 Å². The molecule has 31 heavy (non-hydrogen) atoms. The number of aryl methyl sites for hydroxylation is 1. The summed E-state index contributed by atoms with van der Waals surface area (Å²) in [5.74, 6) is 0.822. The average molecular weight is 510 g/mol. The van der Waals surface area contributed by atoms with Gasteiger partial charge < -0.3 is 10.2 Å². The topological polar surface area (TPSA) is 104 Å². The number of pyridine rings is 2. The zero-order chi connectivity index (χ0) is 22.4. The minimum absolute atomic E-state index is 0.0654. The summed E-state index contributed by atoms with van der Waals surface area (Å²) >= 11 is 3.27. The number of nitrogens with zero attached hydrogens (tertiary/aromatic N) is 3. The van der Waals surface area contributed by atoms with Crippen molar-refractivity contribution in [3.63, 3.8) is 0 Å². The van der Waals surface area contributed by atoms with E-state index in [1.165, 1.54) is 6.20 Å². The number of anilines is 1. The van der Waals surface area contributed by atoms with E-state index < -0.39 is 10.0 Å². The van der Waals surface area contributed by atoms with E-state index in [4.69, 9.17) is 0 Å². The van der Waals surface area contributed by atoms with Gasteiger partial charge in [0.05, 0.1) is 0 Å². The lowest BCUT2D eigenvalue weighted by Crippen LogP contribution is -2.38. The Morgan fingerprint density at radius 2 is 1.94 bits per heavy atom. The van der Waals surface area contributed by atoms with Gasteiger partial charge in [-0.3, -0.25) is 4.79 Å². The molecule has 0 aromatic carbocycles. The summed E-state index contributed by atoms with van der Waals surface area (Å²) < 4.78 is 29.4. The number of amides is 1. The number of carbonyl (C=O) groups is 1. The molecule has 10 heteroatoms. The first kappa shape index (κ1) is 23.6. The smallest absolute Gasteiger partial charge is 0.269 e. The predicted molar refractivity (Wildman–Crippen MR) is 124 cm³/mol. The van der Waals surface area contributed by atoms with E-state index in [0.29, 0.717) is 11.7 Å². The van der Waals surface area contributed by atoms with E-state index in [0.717, 1.165) is 42.4 Å². The van der Waals surface area contributed by atoms with Crippen molar-refractivity contribution in [2.45, 2.75) is 38.0 Å². The molecule has 1 fully saturated rings. The van der Waals surface area contributed by atoms with Crippen molar-refractivity contribution in [3.05, 3.63) is 46.3 Å². The van der Waals surface area contributed by atoms with Crippen molar-refractivity contribution in [1.82, 2.24) is 20.0 Å². The monoisotopic (exact) mass is 509 g/mol. The van der Waals surface area contributed by atoms with E-state index in [1.807, 2.05) is 6.92 Å². The number of nitrogens with one attached hydrogen (secondary N) is 2. The lowest BCUT2D eigenvalue weighted by molar-refractivity contribution is 0.0949. The summed E-state index contributed by atoms with van der Waals surface area (Å²) in [5, 5.41) is 2.67. The van der Waals surface area contributed by atoms with Crippen LogP contribution in [0.4, 0.5) is 5.82 Å². The molecule has 3 rings (SSSR count). The van der Waals surface area contributed by atoms with Crippen LogP contribution in [0.5, 0.6) is 0 Å². The van der Waals surface area contributed by atoms with Crippen molar-refractivity contribution in [2.75, 3.05) is 31.1 Å². The van der Waals surface area contributed by atoms with Gasteiger partial charge >= 0.3 is 0 Å². The Kier molecular flexibility index (Phi) is 8.01. The molecule has 0 unspecified atom stereocenters. The highest BCUT2D eigenvalue weighted by molar-refractivity contribution is 9.10. The molecule has 168 valence electrons. The normalized spacial score (nSPS) is 15.1. The molecule has 1 aliphatic rings. The summed E-state index contributed by atoms with van der Waals surface area (Å²) in [6.07, 6.45) is 6.45. The number of aromatic nitrogens is 2. The standard InChI is InChI=1S/C21H28BrN5O3S/c1-3-16-6-10-27(11-7-16)20-19(12-15(2)13-25-20)31(29,30)26-9-8-23-21(28)18-5-4-17(22)14-24-18/h4-5,12-14,16,26H,3,6-11H2,1-2H3,(H,23,28). The van der Waals surface area contributed by atoms with Crippen LogP contribution in [0.2, 0.25) is 0 Å². The molecule has 0 saturated carbocycles. The summed E-state index contributed by atoms with van der Waals surface area (Å²) in [6.45, 7) is 5.82. The fourth-order valence-corrected chi connectivity index (χ4v) is 5.09. The quantitative estimate of drug-likeness (QED) is 0.530. The fraction of sp³-hybridized carbons (Fsp3) is 0.476. The Bertz CT molecular complexity index is 1010. The number of halogens is 1. The van der Waals surface area contributed by atoms with Gasteiger partial charge in [0, 0.05) is 43.0 Å². The molecule has 2 N–H and O–H groups in total. The van der Waals surface area contributed by atoms with E-state index in [9.17, 15) is 13.2 Å². The maximum absolute atomic E-state index is 13.0. The zero-order valence-corrected chi connectivity index (χ0v) is 20.2. The third-order valence-electron chi connectivity index (χ3n) is 5.41. The molecule has 2 aromatic heterocycles. The Hall–Kier alpha value is -2.04. The molecule has 8 nitrogen and oxygen atoms in total. The molecule has 0 aliphatic carbocycles. The Balaban J connectivity index is 1.62. The van der Waals surface area contributed by atoms with Crippen molar-refractivity contribution < 1.29 is 13.2 Å². The van der Waals surface area contributed by atoms with Gasteiger partial charge in [0.1, 0.15) is 16.4 Å². The van der Waals surface area contributed by atoms with Crippen molar-refractivity contribution in [1.29, 1.82) is 0 Å². The first-order chi connectivity index (χ1) is 14.8. The highest BCUT2D eigenvalue weighted by Gasteiger charge is 2.26. The second kappa shape index (κ2) is 10.5. The SMILES string of the molecule is CCC1CCN(c2ncc(C)cc2S(=O)(=O)NCCNC(=O)c2ccc(Br)cn2)CC1. The summed E-state index contributed by atoms with van der Waals surface area (Å²) in [7, 11) is -3.78. The van der Waals surface area contributed by atoms with Gasteiger partial charge in [0.25, 0.3) is 5.91 Å². The second-order valence-corrected chi connectivity index (χ2v) is 10.3. The molecular formula is C21H28BrN5O3S. The van der Waals surface area contributed by atoms with Crippen LogP contribution in [0.1, 0.15) is 42.2 Å². The van der Waals surface area contributed by atoms with Crippen molar-refractivity contribution in [3.8, 4) is 0 Å². The first-order valence-electron chi connectivity index (χ1n) is 10.4. The number of carbonyl (C=O) groups excluding carboxylic acids is 1. The third kappa shape index (κ3) is 6.24. The molecule has 2 aromatic rings. The van der Waals surface area contributed by atoms with Crippen LogP contribution in [-0.2, 0) is 10.0 Å². The Morgan fingerprint density at radius 1 is 1.19 bits per heavy atom. The van der Waals surface area contributed by atoms with E-state index in [-0.39, 0.29) is 29.6 Å². The lowest BCUT2D eigenvalue weighted by Gasteiger charge is -2.33.